The van der Waals surface area contributed by atoms with E-state index in [1.807, 2.05) is 6.07 Å². The molecule has 0 bridgehead atoms. The number of rotatable bonds is 7. The van der Waals surface area contributed by atoms with Crippen LogP contribution in [0.3, 0.4) is 0 Å². The second kappa shape index (κ2) is 8.37. The lowest BCUT2D eigenvalue weighted by Crippen LogP contribution is -2.31. The van der Waals surface area contributed by atoms with Crippen molar-refractivity contribution in [3.05, 3.63) is 59.9 Å². The van der Waals surface area contributed by atoms with Crippen LogP contribution in [0.1, 0.15) is 22.3 Å². The van der Waals surface area contributed by atoms with Crippen LogP contribution in [0.15, 0.2) is 53.7 Å². The minimum atomic E-state index is -3.89. The van der Waals surface area contributed by atoms with Crippen molar-refractivity contribution >= 4 is 16.0 Å². The fraction of sp³-hybridized carbons (Fsp3) is 0.235. The van der Waals surface area contributed by atoms with Crippen molar-refractivity contribution in [2.45, 2.75) is 17.9 Å². The normalized spacial score (nSPS) is 11.1. The summed E-state index contributed by atoms with van der Waals surface area (Å²) in [5.41, 5.74) is 0.846. The van der Waals surface area contributed by atoms with Crippen molar-refractivity contribution in [3.63, 3.8) is 0 Å². The molecule has 0 spiro atoms. The Labute approximate surface area is 146 Å². The molecule has 0 N–H and O–H groups in total. The van der Waals surface area contributed by atoms with E-state index in [0.29, 0.717) is 5.56 Å². The number of hydrogen-bond donors (Lipinski definition) is 0. The first kappa shape index (κ1) is 18.6. The number of methoxy groups -OCH3 is 1. The van der Waals surface area contributed by atoms with Crippen LogP contribution in [0, 0.1) is 11.3 Å². The number of carbonyl (C=O) groups is 1. The first-order chi connectivity index (χ1) is 12.0. The van der Waals surface area contributed by atoms with Crippen molar-refractivity contribution in [1.29, 1.82) is 5.26 Å². The number of nitriles is 1. The number of benzene rings is 1. The lowest BCUT2D eigenvalue weighted by atomic mass is 10.2. The average molecular weight is 359 g/mol. The van der Waals surface area contributed by atoms with Crippen LogP contribution < -0.4 is 0 Å². The van der Waals surface area contributed by atoms with Gasteiger partial charge in [-0.3, -0.25) is 4.98 Å². The van der Waals surface area contributed by atoms with Gasteiger partial charge in [-0.2, -0.15) is 9.57 Å². The van der Waals surface area contributed by atoms with Gasteiger partial charge >= 0.3 is 5.97 Å². The van der Waals surface area contributed by atoms with Gasteiger partial charge in [-0.25, -0.2) is 13.2 Å². The Kier molecular flexibility index (Phi) is 6.22. The zero-order chi connectivity index (χ0) is 18.3. The molecule has 8 heteroatoms. The molecule has 2 aromatic rings. The fourth-order valence-corrected chi connectivity index (χ4v) is 3.68. The third kappa shape index (κ3) is 4.62. The maximum absolute atomic E-state index is 12.9. The molecule has 130 valence electrons. The van der Waals surface area contributed by atoms with Gasteiger partial charge in [0.2, 0.25) is 10.0 Å². The van der Waals surface area contributed by atoms with Crippen LogP contribution in [-0.2, 0) is 21.3 Å². The summed E-state index contributed by atoms with van der Waals surface area (Å²) < 4.78 is 31.7. The van der Waals surface area contributed by atoms with Crippen molar-refractivity contribution in [1.82, 2.24) is 9.29 Å². The predicted octanol–water partition coefficient (Wildman–Crippen LogP) is 1.97. The monoisotopic (exact) mass is 359 g/mol. The second-order valence-corrected chi connectivity index (χ2v) is 7.07. The molecule has 0 aliphatic carbocycles. The van der Waals surface area contributed by atoms with Gasteiger partial charge in [-0.1, -0.05) is 12.1 Å². The number of hydrogen-bond acceptors (Lipinski definition) is 6. The van der Waals surface area contributed by atoms with E-state index in [1.165, 1.54) is 35.7 Å². The Morgan fingerprint density at radius 3 is 2.76 bits per heavy atom. The Bertz CT molecular complexity index is 876. The summed E-state index contributed by atoms with van der Waals surface area (Å²) in [6.45, 7) is 0.122. The molecule has 1 heterocycles. The first-order valence-corrected chi connectivity index (χ1v) is 8.87. The van der Waals surface area contributed by atoms with Gasteiger partial charge in [-0.15, -0.1) is 0 Å². The zero-order valence-corrected chi connectivity index (χ0v) is 14.4. The third-order valence-corrected chi connectivity index (χ3v) is 5.29. The van der Waals surface area contributed by atoms with Crippen LogP contribution in [-0.4, -0.2) is 37.3 Å². The van der Waals surface area contributed by atoms with Crippen LogP contribution >= 0.6 is 0 Å². The first-order valence-electron chi connectivity index (χ1n) is 7.43. The summed E-state index contributed by atoms with van der Waals surface area (Å²) in [5, 5.41) is 8.82. The molecule has 25 heavy (non-hydrogen) atoms. The fourth-order valence-electron chi connectivity index (χ4n) is 2.20. The molecule has 2 rings (SSSR count). The van der Waals surface area contributed by atoms with Gasteiger partial charge in [0.05, 0.1) is 23.6 Å². The summed E-state index contributed by atoms with van der Waals surface area (Å²) in [5.74, 6) is -0.618. The topological polar surface area (TPSA) is 100 Å². The zero-order valence-electron chi connectivity index (χ0n) is 13.6. The highest BCUT2D eigenvalue weighted by Gasteiger charge is 2.25. The summed E-state index contributed by atoms with van der Waals surface area (Å²) in [7, 11) is -2.66. The molecule has 0 aliphatic heterocycles. The second-order valence-electron chi connectivity index (χ2n) is 5.13. The number of aromatic nitrogens is 1. The maximum Gasteiger partial charge on any atom is 0.337 e. The van der Waals surface area contributed by atoms with Crippen LogP contribution in [0.5, 0.6) is 0 Å². The quantitative estimate of drug-likeness (QED) is 0.701. The van der Waals surface area contributed by atoms with E-state index in [1.54, 1.807) is 24.5 Å². The molecule has 0 amide bonds. The SMILES string of the molecule is COC(=O)c1cccc(S(=O)(=O)N(CCC#N)Cc2cccnc2)c1. The molecular formula is C17H17N3O4S. The number of carbonyl (C=O) groups excluding carboxylic acids is 1. The molecular weight excluding hydrogens is 342 g/mol. The molecule has 1 aromatic carbocycles. The van der Waals surface area contributed by atoms with E-state index in [2.05, 4.69) is 9.72 Å². The average Bonchev–Trinajstić information content (AvgIpc) is 2.65. The largest absolute Gasteiger partial charge is 0.465 e. The van der Waals surface area contributed by atoms with Gasteiger partial charge in [0.25, 0.3) is 0 Å². The van der Waals surface area contributed by atoms with Crippen LogP contribution in [0.25, 0.3) is 0 Å². The van der Waals surface area contributed by atoms with E-state index < -0.39 is 16.0 Å². The molecule has 7 nitrogen and oxygen atoms in total. The van der Waals surface area contributed by atoms with Gasteiger partial charge in [0, 0.05) is 31.9 Å². The lowest BCUT2D eigenvalue weighted by Gasteiger charge is -2.21. The number of ether oxygens (including phenoxy) is 1. The molecule has 0 aliphatic rings. The standard InChI is InChI=1S/C17H17N3O4S/c1-24-17(21)15-6-2-7-16(11-15)25(22,23)20(10-4-8-18)13-14-5-3-9-19-12-14/h2-3,5-7,9,11-12H,4,10,13H2,1H3. The van der Waals surface area contributed by atoms with Crippen molar-refractivity contribution in [2.24, 2.45) is 0 Å². The van der Waals surface area contributed by atoms with Gasteiger partial charge in [-0.05, 0) is 29.8 Å². The summed E-state index contributed by atoms with van der Waals surface area (Å²) in [6, 6.07) is 11.0. The van der Waals surface area contributed by atoms with Crippen molar-refractivity contribution in [2.75, 3.05) is 13.7 Å². The van der Waals surface area contributed by atoms with E-state index in [4.69, 9.17) is 5.26 Å². The van der Waals surface area contributed by atoms with E-state index in [9.17, 15) is 13.2 Å². The highest BCUT2D eigenvalue weighted by Crippen LogP contribution is 2.20. The summed E-state index contributed by atoms with van der Waals surface area (Å²) in [6.07, 6.45) is 3.22. The number of esters is 1. The number of pyridine rings is 1. The van der Waals surface area contributed by atoms with Crippen LogP contribution in [0.2, 0.25) is 0 Å². The van der Waals surface area contributed by atoms with E-state index in [-0.39, 0.29) is 30.0 Å². The van der Waals surface area contributed by atoms with Crippen molar-refractivity contribution < 1.29 is 17.9 Å². The molecule has 0 radical (unpaired) electrons. The molecule has 0 fully saturated rings. The molecule has 0 atom stereocenters. The smallest absolute Gasteiger partial charge is 0.337 e. The summed E-state index contributed by atoms with van der Waals surface area (Å²) >= 11 is 0. The predicted molar refractivity (Wildman–Crippen MR) is 89.8 cm³/mol. The Hall–Kier alpha value is -2.76. The minimum Gasteiger partial charge on any atom is -0.465 e. The van der Waals surface area contributed by atoms with E-state index in [0.717, 1.165) is 0 Å². The van der Waals surface area contributed by atoms with Gasteiger partial charge in [0.1, 0.15) is 0 Å². The van der Waals surface area contributed by atoms with Gasteiger partial charge < -0.3 is 4.74 Å². The highest BCUT2D eigenvalue weighted by molar-refractivity contribution is 7.89. The Morgan fingerprint density at radius 2 is 2.12 bits per heavy atom. The molecule has 0 saturated carbocycles. The lowest BCUT2D eigenvalue weighted by molar-refractivity contribution is 0.0600. The summed E-state index contributed by atoms with van der Waals surface area (Å²) in [4.78, 5) is 15.6. The van der Waals surface area contributed by atoms with Crippen molar-refractivity contribution in [3.8, 4) is 6.07 Å². The minimum absolute atomic E-state index is 0.0303. The van der Waals surface area contributed by atoms with E-state index >= 15 is 0 Å². The molecule has 0 saturated heterocycles. The van der Waals surface area contributed by atoms with Crippen LogP contribution in [0.4, 0.5) is 0 Å². The molecule has 1 aromatic heterocycles. The highest BCUT2D eigenvalue weighted by atomic mass is 32.2. The number of nitrogens with zero attached hydrogens (tertiary/aromatic N) is 3. The van der Waals surface area contributed by atoms with Gasteiger partial charge in [0.15, 0.2) is 0 Å². The number of sulfonamides is 1. The third-order valence-electron chi connectivity index (χ3n) is 3.45. The Balaban J connectivity index is 2.37. The molecule has 0 unspecified atom stereocenters. The Morgan fingerprint density at radius 1 is 1.32 bits per heavy atom. The maximum atomic E-state index is 12.9.